The molecule has 1 heterocycles. The van der Waals surface area contributed by atoms with Crippen LogP contribution in [0, 0.1) is 12.8 Å². The Kier molecular flexibility index (Phi) is 4.70. The van der Waals surface area contributed by atoms with Crippen LogP contribution >= 0.6 is 0 Å². The predicted octanol–water partition coefficient (Wildman–Crippen LogP) is 3.19. The number of nitrogens with zero attached hydrogens (tertiary/aromatic N) is 2. The van der Waals surface area contributed by atoms with Crippen molar-refractivity contribution in [2.45, 2.75) is 58.4 Å². The topological polar surface area (TPSA) is 37.8 Å². The minimum atomic E-state index is 0.583. The Morgan fingerprint density at radius 2 is 2.22 bits per heavy atom. The summed E-state index contributed by atoms with van der Waals surface area (Å²) in [7, 11) is 1.97. The maximum absolute atomic E-state index is 4.78. The van der Waals surface area contributed by atoms with Gasteiger partial charge in [0.2, 0.25) is 0 Å². The minimum absolute atomic E-state index is 0.583. The van der Waals surface area contributed by atoms with E-state index in [2.05, 4.69) is 24.1 Å². The molecular formula is C15H25N3. The van der Waals surface area contributed by atoms with Crippen molar-refractivity contribution >= 4 is 0 Å². The van der Waals surface area contributed by atoms with Crippen molar-refractivity contribution < 1.29 is 0 Å². The summed E-state index contributed by atoms with van der Waals surface area (Å²) in [6, 6.07) is 0. The molecule has 1 aliphatic rings. The Bertz CT molecular complexity index is 389. The van der Waals surface area contributed by atoms with Gasteiger partial charge in [-0.05, 0) is 38.3 Å². The van der Waals surface area contributed by atoms with Gasteiger partial charge in [0.15, 0.2) is 0 Å². The van der Waals surface area contributed by atoms with Crippen LogP contribution in [0.25, 0.3) is 0 Å². The third-order valence-corrected chi connectivity index (χ3v) is 4.16. The van der Waals surface area contributed by atoms with Crippen LogP contribution in [0.5, 0.6) is 0 Å². The maximum atomic E-state index is 4.78. The second-order valence-electron chi connectivity index (χ2n) is 5.53. The minimum Gasteiger partial charge on any atom is -0.314 e. The fourth-order valence-corrected chi connectivity index (χ4v) is 2.93. The van der Waals surface area contributed by atoms with Gasteiger partial charge >= 0.3 is 0 Å². The Hall–Kier alpha value is -0.960. The van der Waals surface area contributed by atoms with Crippen LogP contribution in [0.15, 0.2) is 6.20 Å². The fraction of sp³-hybridized carbons (Fsp3) is 0.733. The summed E-state index contributed by atoms with van der Waals surface area (Å²) in [6.07, 6.45) is 8.55. The van der Waals surface area contributed by atoms with Crippen molar-refractivity contribution in [1.82, 2.24) is 15.3 Å². The number of rotatable bonds is 4. The molecule has 1 aromatic heterocycles. The zero-order chi connectivity index (χ0) is 13.0. The molecule has 3 heteroatoms. The van der Waals surface area contributed by atoms with Crippen molar-refractivity contribution in [3.63, 3.8) is 0 Å². The number of aryl methyl sites for hydroxylation is 1. The zero-order valence-electron chi connectivity index (χ0n) is 11.9. The highest BCUT2D eigenvalue weighted by Crippen LogP contribution is 2.36. The molecule has 0 bridgehead atoms. The molecule has 2 atom stereocenters. The van der Waals surface area contributed by atoms with Gasteiger partial charge in [0, 0.05) is 18.7 Å². The molecule has 1 aromatic rings. The Morgan fingerprint density at radius 3 is 2.94 bits per heavy atom. The van der Waals surface area contributed by atoms with Crippen LogP contribution in [0.3, 0.4) is 0 Å². The van der Waals surface area contributed by atoms with Crippen LogP contribution in [-0.2, 0) is 6.54 Å². The van der Waals surface area contributed by atoms with Gasteiger partial charge in [0.1, 0.15) is 5.82 Å². The largest absolute Gasteiger partial charge is 0.314 e. The number of nitrogens with one attached hydrogen (secondary N) is 1. The molecule has 1 aliphatic carbocycles. The van der Waals surface area contributed by atoms with Gasteiger partial charge in [-0.3, -0.25) is 0 Å². The molecule has 0 radical (unpaired) electrons. The Balaban J connectivity index is 2.14. The van der Waals surface area contributed by atoms with E-state index in [9.17, 15) is 0 Å². The molecule has 0 spiro atoms. The van der Waals surface area contributed by atoms with E-state index in [4.69, 9.17) is 4.98 Å². The summed E-state index contributed by atoms with van der Waals surface area (Å²) >= 11 is 0. The number of hydrogen-bond donors (Lipinski definition) is 1. The molecular weight excluding hydrogens is 222 g/mol. The molecule has 3 nitrogen and oxygen atoms in total. The predicted molar refractivity (Wildman–Crippen MR) is 74.5 cm³/mol. The second-order valence-corrected chi connectivity index (χ2v) is 5.53. The first-order chi connectivity index (χ1) is 8.74. The molecule has 1 fully saturated rings. The lowest BCUT2D eigenvalue weighted by molar-refractivity contribution is 0.306. The maximum Gasteiger partial charge on any atom is 0.131 e. The first-order valence-corrected chi connectivity index (χ1v) is 7.21. The van der Waals surface area contributed by atoms with E-state index in [-0.39, 0.29) is 0 Å². The second kappa shape index (κ2) is 6.28. The van der Waals surface area contributed by atoms with E-state index in [0.29, 0.717) is 5.92 Å². The SMILES string of the molecule is CCC1CCCC(c2ncc(C)c(CNC)n2)C1. The van der Waals surface area contributed by atoms with Crippen LogP contribution in [0.2, 0.25) is 0 Å². The van der Waals surface area contributed by atoms with Crippen LogP contribution in [0.1, 0.15) is 62.0 Å². The van der Waals surface area contributed by atoms with Gasteiger partial charge < -0.3 is 5.32 Å². The summed E-state index contributed by atoms with van der Waals surface area (Å²) in [5.41, 5.74) is 2.34. The zero-order valence-corrected chi connectivity index (χ0v) is 11.9. The molecule has 0 saturated heterocycles. The quantitative estimate of drug-likeness (QED) is 0.888. The Labute approximate surface area is 110 Å². The smallest absolute Gasteiger partial charge is 0.131 e. The van der Waals surface area contributed by atoms with E-state index in [1.165, 1.54) is 37.7 Å². The fourth-order valence-electron chi connectivity index (χ4n) is 2.93. The van der Waals surface area contributed by atoms with Gasteiger partial charge in [-0.25, -0.2) is 9.97 Å². The number of hydrogen-bond acceptors (Lipinski definition) is 3. The summed E-state index contributed by atoms with van der Waals surface area (Å²) in [5, 5.41) is 3.18. The summed E-state index contributed by atoms with van der Waals surface area (Å²) in [5.74, 6) is 2.53. The van der Waals surface area contributed by atoms with Gasteiger partial charge in [-0.2, -0.15) is 0 Å². The van der Waals surface area contributed by atoms with Crippen LogP contribution in [0.4, 0.5) is 0 Å². The van der Waals surface area contributed by atoms with Gasteiger partial charge in [0.05, 0.1) is 5.69 Å². The lowest BCUT2D eigenvalue weighted by atomic mass is 9.80. The van der Waals surface area contributed by atoms with Crippen molar-refractivity contribution in [1.29, 1.82) is 0 Å². The molecule has 100 valence electrons. The summed E-state index contributed by atoms with van der Waals surface area (Å²) < 4.78 is 0. The van der Waals surface area contributed by atoms with Crippen molar-refractivity contribution in [3.05, 3.63) is 23.3 Å². The highest BCUT2D eigenvalue weighted by atomic mass is 14.9. The number of aromatic nitrogens is 2. The molecule has 2 unspecified atom stereocenters. The molecule has 2 rings (SSSR count). The third-order valence-electron chi connectivity index (χ3n) is 4.16. The average molecular weight is 247 g/mol. The van der Waals surface area contributed by atoms with E-state index < -0.39 is 0 Å². The molecule has 0 aliphatic heterocycles. The lowest BCUT2D eigenvalue weighted by Gasteiger charge is -2.27. The molecule has 0 aromatic carbocycles. The molecule has 1 N–H and O–H groups in total. The Morgan fingerprint density at radius 1 is 1.39 bits per heavy atom. The first kappa shape index (κ1) is 13.5. The highest BCUT2D eigenvalue weighted by Gasteiger charge is 2.24. The van der Waals surface area contributed by atoms with Crippen LogP contribution in [-0.4, -0.2) is 17.0 Å². The average Bonchev–Trinajstić information content (AvgIpc) is 2.41. The van der Waals surface area contributed by atoms with Gasteiger partial charge in [-0.1, -0.05) is 26.2 Å². The standard InChI is InChI=1S/C15H25N3/c1-4-12-6-5-7-13(8-12)15-17-9-11(2)14(18-15)10-16-3/h9,12-13,16H,4-8,10H2,1-3H3. The summed E-state index contributed by atoms with van der Waals surface area (Å²) in [6.45, 7) is 5.23. The van der Waals surface area contributed by atoms with Crippen molar-refractivity contribution in [2.75, 3.05) is 7.05 Å². The van der Waals surface area contributed by atoms with Crippen molar-refractivity contribution in [3.8, 4) is 0 Å². The molecule has 1 saturated carbocycles. The summed E-state index contributed by atoms with van der Waals surface area (Å²) in [4.78, 5) is 9.36. The highest BCUT2D eigenvalue weighted by molar-refractivity contribution is 5.17. The van der Waals surface area contributed by atoms with Crippen LogP contribution < -0.4 is 5.32 Å². The van der Waals surface area contributed by atoms with Gasteiger partial charge in [0.25, 0.3) is 0 Å². The van der Waals surface area contributed by atoms with E-state index >= 15 is 0 Å². The molecule has 0 amide bonds. The van der Waals surface area contributed by atoms with E-state index in [0.717, 1.165) is 24.0 Å². The third kappa shape index (κ3) is 3.08. The first-order valence-electron chi connectivity index (χ1n) is 7.21. The monoisotopic (exact) mass is 247 g/mol. The van der Waals surface area contributed by atoms with Crippen molar-refractivity contribution in [2.24, 2.45) is 5.92 Å². The van der Waals surface area contributed by atoms with Gasteiger partial charge in [-0.15, -0.1) is 0 Å². The lowest BCUT2D eigenvalue weighted by Crippen LogP contribution is -2.18. The van der Waals surface area contributed by atoms with E-state index in [1.54, 1.807) is 0 Å². The van der Waals surface area contributed by atoms with E-state index in [1.807, 2.05) is 13.2 Å². The molecule has 18 heavy (non-hydrogen) atoms. The normalized spacial score (nSPS) is 24.2.